The molecule has 2 aromatic heterocycles. The van der Waals surface area contributed by atoms with Gasteiger partial charge in [-0.05, 0) is 78.5 Å². The lowest BCUT2D eigenvalue weighted by atomic mass is 9.33. The van der Waals surface area contributed by atoms with E-state index in [-0.39, 0.29) is 28.6 Å². The highest BCUT2D eigenvalue weighted by atomic mass is 16.6. The van der Waals surface area contributed by atoms with Crippen LogP contribution >= 0.6 is 0 Å². The Labute approximate surface area is 204 Å². The predicted octanol–water partition coefficient (Wildman–Crippen LogP) is 5.41. The molecule has 3 aliphatic rings. The number of benzene rings is 1. The number of hydrogen-bond acceptors (Lipinski definition) is 6. The topological polar surface area (TPSA) is 117 Å². The van der Waals surface area contributed by atoms with E-state index in [1.807, 2.05) is 52.9 Å². The number of rotatable bonds is 4. The number of alkyl carbamates (subject to hydrolysis) is 1. The Morgan fingerprint density at radius 3 is 2.51 bits per heavy atom. The smallest absolute Gasteiger partial charge is 0.408 e. The summed E-state index contributed by atoms with van der Waals surface area (Å²) in [4.78, 5) is 29.6. The van der Waals surface area contributed by atoms with Gasteiger partial charge in [-0.15, -0.1) is 0 Å². The zero-order valence-corrected chi connectivity index (χ0v) is 21.1. The normalized spacial score (nSPS) is 23.8. The lowest BCUT2D eigenvalue weighted by Gasteiger charge is -2.69. The fourth-order valence-electron chi connectivity index (χ4n) is 5.86. The molecule has 184 valence electrons. The van der Waals surface area contributed by atoms with Crippen LogP contribution in [-0.2, 0) is 14.9 Å². The SMILES string of the molecule is CC(=N)NC(=O)C12CC(c3ccnc4c3oc3c([C@@H](C)NC(=O)OC(C)(C)C)cc(C)cc34)(C1)C2. The first-order valence-corrected chi connectivity index (χ1v) is 12.0. The van der Waals surface area contributed by atoms with Crippen molar-refractivity contribution in [3.63, 3.8) is 0 Å². The number of aromatic nitrogens is 1. The molecule has 3 N–H and O–H groups in total. The van der Waals surface area contributed by atoms with Crippen LogP contribution < -0.4 is 10.6 Å². The fourth-order valence-corrected chi connectivity index (χ4v) is 5.86. The molecule has 35 heavy (non-hydrogen) atoms. The summed E-state index contributed by atoms with van der Waals surface area (Å²) in [5.41, 5.74) is 4.17. The third-order valence-corrected chi connectivity index (χ3v) is 7.21. The Morgan fingerprint density at radius 1 is 1.20 bits per heavy atom. The lowest BCUT2D eigenvalue weighted by Crippen LogP contribution is -2.70. The van der Waals surface area contributed by atoms with Gasteiger partial charge in [0.05, 0.1) is 17.3 Å². The van der Waals surface area contributed by atoms with Gasteiger partial charge in [0.1, 0.15) is 16.7 Å². The van der Waals surface area contributed by atoms with Crippen molar-refractivity contribution in [3.05, 3.63) is 41.1 Å². The largest absolute Gasteiger partial charge is 0.454 e. The van der Waals surface area contributed by atoms with Gasteiger partial charge in [-0.2, -0.15) is 0 Å². The molecule has 3 aromatic rings. The molecule has 0 aliphatic heterocycles. The molecule has 2 bridgehead atoms. The molecule has 3 saturated carbocycles. The zero-order valence-electron chi connectivity index (χ0n) is 21.1. The summed E-state index contributed by atoms with van der Waals surface area (Å²) in [6.45, 7) is 11.0. The van der Waals surface area contributed by atoms with E-state index in [0.29, 0.717) is 5.58 Å². The monoisotopic (exact) mass is 476 g/mol. The van der Waals surface area contributed by atoms with E-state index in [1.54, 1.807) is 6.92 Å². The molecule has 0 saturated heterocycles. The number of fused-ring (bicyclic) bond motifs is 3. The first-order valence-electron chi connectivity index (χ1n) is 12.0. The number of hydrogen-bond donors (Lipinski definition) is 3. The molecule has 6 rings (SSSR count). The maximum Gasteiger partial charge on any atom is 0.408 e. The molecule has 3 aliphatic carbocycles. The van der Waals surface area contributed by atoms with E-state index >= 15 is 0 Å². The molecule has 2 amide bonds. The third kappa shape index (κ3) is 3.75. The van der Waals surface area contributed by atoms with Crippen LogP contribution in [0.15, 0.2) is 28.8 Å². The average molecular weight is 477 g/mol. The van der Waals surface area contributed by atoms with E-state index in [0.717, 1.165) is 52.4 Å². The number of pyridine rings is 1. The van der Waals surface area contributed by atoms with Crippen molar-refractivity contribution in [3.8, 4) is 0 Å². The molecule has 8 heteroatoms. The number of nitrogens with one attached hydrogen (secondary N) is 3. The number of nitrogens with zero attached hydrogens (tertiary/aromatic N) is 1. The molecule has 0 spiro atoms. The number of aryl methyl sites for hydroxylation is 1. The molecule has 0 unspecified atom stereocenters. The molecule has 2 heterocycles. The number of furan rings is 1. The van der Waals surface area contributed by atoms with E-state index in [4.69, 9.17) is 14.6 Å². The van der Waals surface area contributed by atoms with Gasteiger partial charge < -0.3 is 19.8 Å². The maximum atomic E-state index is 12.6. The molecule has 1 aromatic carbocycles. The molecule has 3 fully saturated rings. The summed E-state index contributed by atoms with van der Waals surface area (Å²) in [5.74, 6) is 0.121. The van der Waals surface area contributed by atoms with Gasteiger partial charge >= 0.3 is 6.09 Å². The molecule has 1 atom stereocenters. The lowest BCUT2D eigenvalue weighted by molar-refractivity contribution is -0.174. The summed E-state index contributed by atoms with van der Waals surface area (Å²) in [6.07, 6.45) is 3.58. The van der Waals surface area contributed by atoms with Gasteiger partial charge in [-0.1, -0.05) is 6.07 Å². The van der Waals surface area contributed by atoms with Gasteiger partial charge in [0, 0.05) is 28.1 Å². The van der Waals surface area contributed by atoms with Crippen molar-refractivity contribution in [2.45, 2.75) is 77.9 Å². The van der Waals surface area contributed by atoms with Crippen molar-refractivity contribution in [2.75, 3.05) is 0 Å². The second-order valence-electron chi connectivity index (χ2n) is 11.4. The quantitative estimate of drug-likeness (QED) is 0.344. The van der Waals surface area contributed by atoms with E-state index < -0.39 is 11.7 Å². The summed E-state index contributed by atoms with van der Waals surface area (Å²) in [7, 11) is 0. The maximum absolute atomic E-state index is 12.6. The minimum atomic E-state index is -0.585. The van der Waals surface area contributed by atoms with Crippen LogP contribution in [0.5, 0.6) is 0 Å². The molecular weight excluding hydrogens is 444 g/mol. The van der Waals surface area contributed by atoms with E-state index in [2.05, 4.69) is 21.7 Å². The van der Waals surface area contributed by atoms with Gasteiger partial charge in [-0.25, -0.2) is 4.79 Å². The number of carbonyl (C=O) groups excluding carboxylic acids is 2. The van der Waals surface area contributed by atoms with Gasteiger partial charge in [-0.3, -0.25) is 15.2 Å². The molecule has 0 radical (unpaired) electrons. The number of amidine groups is 1. The Bertz CT molecular complexity index is 1380. The van der Waals surface area contributed by atoms with Crippen LogP contribution in [0, 0.1) is 17.7 Å². The van der Waals surface area contributed by atoms with Crippen LogP contribution in [0.4, 0.5) is 4.79 Å². The standard InChI is InChI=1S/C27H32N4O4/c1-14-9-17(15(2)30-24(33)35-25(4,5)6)21-18(10-14)20-22(34-21)19(7-8-29-20)26-11-27(12-26,13-26)23(32)31-16(3)28/h7-10,15H,11-13H2,1-6H3,(H,30,33)(H2,28,31,32)/t15-,26?,27?/m1/s1. The first kappa shape index (κ1) is 23.3. The van der Waals surface area contributed by atoms with Crippen LogP contribution in [0.1, 0.15) is 76.6 Å². The first-order chi connectivity index (χ1) is 16.3. The minimum absolute atomic E-state index is 0.0539. The van der Waals surface area contributed by atoms with Gasteiger partial charge in [0.15, 0.2) is 5.58 Å². The molecule has 8 nitrogen and oxygen atoms in total. The highest BCUT2D eigenvalue weighted by Gasteiger charge is 2.72. The Morgan fingerprint density at radius 2 is 1.89 bits per heavy atom. The van der Waals surface area contributed by atoms with Crippen molar-refractivity contribution < 1.29 is 18.7 Å². The third-order valence-electron chi connectivity index (χ3n) is 7.21. The fraction of sp³-hybridized carbons (Fsp3) is 0.481. The Balaban J connectivity index is 1.50. The Kier molecular flexibility index (Phi) is 5.02. The minimum Gasteiger partial charge on any atom is -0.454 e. The van der Waals surface area contributed by atoms with Crippen molar-refractivity contribution in [1.82, 2.24) is 15.6 Å². The number of ether oxygens (including phenoxy) is 1. The van der Waals surface area contributed by atoms with Crippen LogP contribution in [0.3, 0.4) is 0 Å². The number of carbonyl (C=O) groups is 2. The summed E-state index contributed by atoms with van der Waals surface area (Å²) in [5, 5.41) is 14.1. The van der Waals surface area contributed by atoms with Crippen molar-refractivity contribution >= 4 is 39.9 Å². The highest BCUT2D eigenvalue weighted by Crippen LogP contribution is 2.74. The Hall–Kier alpha value is -3.42. The second-order valence-corrected chi connectivity index (χ2v) is 11.4. The van der Waals surface area contributed by atoms with Gasteiger partial charge in [0.2, 0.25) is 5.91 Å². The summed E-state index contributed by atoms with van der Waals surface area (Å²) >= 11 is 0. The van der Waals surface area contributed by atoms with Crippen LogP contribution in [0.25, 0.3) is 22.1 Å². The van der Waals surface area contributed by atoms with Crippen LogP contribution in [-0.4, -0.2) is 28.4 Å². The second kappa shape index (κ2) is 7.54. The van der Waals surface area contributed by atoms with E-state index in [9.17, 15) is 9.59 Å². The molecular formula is C27H32N4O4. The van der Waals surface area contributed by atoms with Crippen molar-refractivity contribution in [1.29, 1.82) is 5.41 Å². The van der Waals surface area contributed by atoms with Gasteiger partial charge in [0.25, 0.3) is 0 Å². The van der Waals surface area contributed by atoms with Crippen LogP contribution in [0.2, 0.25) is 0 Å². The number of amides is 2. The highest BCUT2D eigenvalue weighted by molar-refractivity contribution is 6.06. The predicted molar refractivity (Wildman–Crippen MR) is 134 cm³/mol. The average Bonchev–Trinajstić information content (AvgIpc) is 3.02. The zero-order chi connectivity index (χ0) is 25.3. The summed E-state index contributed by atoms with van der Waals surface area (Å²) < 4.78 is 11.9. The van der Waals surface area contributed by atoms with E-state index in [1.165, 1.54) is 0 Å². The summed E-state index contributed by atoms with van der Waals surface area (Å²) in [6, 6.07) is 5.75. The van der Waals surface area contributed by atoms with Crippen molar-refractivity contribution in [2.24, 2.45) is 5.41 Å².